The van der Waals surface area contributed by atoms with Crippen LogP contribution < -0.4 is 0 Å². The summed E-state index contributed by atoms with van der Waals surface area (Å²) in [6.45, 7) is 2.48. The van der Waals surface area contributed by atoms with Gasteiger partial charge in [-0.25, -0.2) is 9.97 Å². The molecule has 0 aliphatic heterocycles. The van der Waals surface area contributed by atoms with Crippen LogP contribution in [-0.4, -0.2) is 24.7 Å². The summed E-state index contributed by atoms with van der Waals surface area (Å²) in [6.07, 6.45) is 0. The minimum atomic E-state index is 0.426. The number of aromatic nitrogens is 5. The van der Waals surface area contributed by atoms with E-state index in [1.54, 1.807) is 0 Å². The fourth-order valence-corrected chi connectivity index (χ4v) is 3.81. The summed E-state index contributed by atoms with van der Waals surface area (Å²) in [7, 11) is 0. The SMILES string of the molecule is Cc1ccc(-c2nnc(Cn3c4ccccc4c4nc5ccccc5nc43)o2)cc1. The van der Waals surface area contributed by atoms with Gasteiger partial charge in [0, 0.05) is 10.9 Å². The van der Waals surface area contributed by atoms with Crippen molar-refractivity contribution < 1.29 is 4.42 Å². The Hall–Kier alpha value is -4.06. The van der Waals surface area contributed by atoms with Crippen LogP contribution >= 0.6 is 0 Å². The highest BCUT2D eigenvalue weighted by Gasteiger charge is 2.17. The second-order valence-electron chi connectivity index (χ2n) is 7.35. The third kappa shape index (κ3) is 2.65. The number of nitrogens with zero attached hydrogens (tertiary/aromatic N) is 5. The Bertz CT molecular complexity index is 1530. The molecule has 3 heterocycles. The van der Waals surface area contributed by atoms with Crippen molar-refractivity contribution in [2.45, 2.75) is 13.5 Å². The first-order chi connectivity index (χ1) is 14.8. The average Bonchev–Trinajstić information content (AvgIpc) is 3.37. The van der Waals surface area contributed by atoms with Gasteiger partial charge in [-0.15, -0.1) is 10.2 Å². The van der Waals surface area contributed by atoms with E-state index >= 15 is 0 Å². The first-order valence-corrected chi connectivity index (χ1v) is 9.79. The molecule has 0 unspecified atom stereocenters. The molecular weight excluding hydrogens is 374 g/mol. The van der Waals surface area contributed by atoms with Crippen LogP contribution in [0.15, 0.2) is 77.2 Å². The Labute approximate surface area is 171 Å². The summed E-state index contributed by atoms with van der Waals surface area (Å²) in [4.78, 5) is 9.78. The molecule has 6 rings (SSSR count). The zero-order chi connectivity index (χ0) is 20.1. The van der Waals surface area contributed by atoms with Gasteiger partial charge in [-0.1, -0.05) is 48.0 Å². The topological polar surface area (TPSA) is 69.6 Å². The van der Waals surface area contributed by atoms with E-state index in [9.17, 15) is 0 Å². The molecule has 0 atom stereocenters. The molecular formula is C24H17N5O. The van der Waals surface area contributed by atoms with Crippen molar-refractivity contribution in [3.8, 4) is 11.5 Å². The number of hydrogen-bond donors (Lipinski definition) is 0. The fraction of sp³-hybridized carbons (Fsp3) is 0.0833. The van der Waals surface area contributed by atoms with Crippen molar-refractivity contribution in [1.29, 1.82) is 0 Å². The summed E-state index contributed by atoms with van der Waals surface area (Å²) >= 11 is 0. The second-order valence-corrected chi connectivity index (χ2v) is 7.35. The zero-order valence-corrected chi connectivity index (χ0v) is 16.3. The maximum Gasteiger partial charge on any atom is 0.247 e. The molecule has 3 aromatic carbocycles. The highest BCUT2D eigenvalue weighted by Crippen LogP contribution is 2.29. The molecule has 0 aliphatic rings. The third-order valence-electron chi connectivity index (χ3n) is 5.32. The smallest absolute Gasteiger partial charge is 0.247 e. The standard InChI is InChI=1S/C24H17N5O/c1-15-10-12-16(13-11-15)24-28-27-21(30-24)14-29-20-9-5-2-6-17(20)22-23(29)26-19-8-4-3-7-18(19)25-22/h2-13H,14H2,1H3. The Morgan fingerprint density at radius 1 is 0.800 bits per heavy atom. The Balaban J connectivity index is 1.50. The van der Waals surface area contributed by atoms with Crippen molar-refractivity contribution in [1.82, 2.24) is 24.7 Å². The molecule has 6 heteroatoms. The highest BCUT2D eigenvalue weighted by atomic mass is 16.4. The van der Waals surface area contributed by atoms with E-state index < -0.39 is 0 Å². The largest absolute Gasteiger partial charge is 0.419 e. The first-order valence-electron chi connectivity index (χ1n) is 9.79. The van der Waals surface area contributed by atoms with Crippen LogP contribution in [0.4, 0.5) is 0 Å². The van der Waals surface area contributed by atoms with Crippen LogP contribution in [0.2, 0.25) is 0 Å². The van der Waals surface area contributed by atoms with E-state index in [1.165, 1.54) is 5.56 Å². The lowest BCUT2D eigenvalue weighted by Crippen LogP contribution is -2.01. The zero-order valence-electron chi connectivity index (χ0n) is 16.3. The van der Waals surface area contributed by atoms with E-state index in [-0.39, 0.29) is 0 Å². The molecule has 144 valence electrons. The molecule has 0 aliphatic carbocycles. The monoisotopic (exact) mass is 391 g/mol. The molecule has 0 bridgehead atoms. The Kier molecular flexibility index (Phi) is 3.64. The lowest BCUT2D eigenvalue weighted by molar-refractivity contribution is 0.494. The molecule has 30 heavy (non-hydrogen) atoms. The molecule has 0 radical (unpaired) electrons. The van der Waals surface area contributed by atoms with Gasteiger partial charge in [0.1, 0.15) is 12.1 Å². The number of aryl methyl sites for hydroxylation is 1. The number of benzene rings is 3. The summed E-state index contributed by atoms with van der Waals surface area (Å²) in [5.41, 5.74) is 6.57. The van der Waals surface area contributed by atoms with Gasteiger partial charge in [0.25, 0.3) is 0 Å². The molecule has 0 amide bonds. The summed E-state index contributed by atoms with van der Waals surface area (Å²) in [5, 5.41) is 9.58. The van der Waals surface area contributed by atoms with Gasteiger partial charge in [0.2, 0.25) is 11.8 Å². The van der Waals surface area contributed by atoms with E-state index in [2.05, 4.69) is 33.8 Å². The third-order valence-corrected chi connectivity index (χ3v) is 5.32. The number of hydrogen-bond acceptors (Lipinski definition) is 5. The van der Waals surface area contributed by atoms with Gasteiger partial charge in [-0.2, -0.15) is 0 Å². The quantitative estimate of drug-likeness (QED) is 0.417. The summed E-state index contributed by atoms with van der Waals surface area (Å²) < 4.78 is 8.07. The van der Waals surface area contributed by atoms with E-state index in [1.807, 2.05) is 60.7 Å². The molecule has 0 N–H and O–H groups in total. The lowest BCUT2D eigenvalue weighted by atomic mass is 10.1. The molecule has 0 saturated heterocycles. The van der Waals surface area contributed by atoms with Crippen molar-refractivity contribution >= 4 is 33.1 Å². The predicted octanol–water partition coefficient (Wildman–Crippen LogP) is 5.14. The van der Waals surface area contributed by atoms with Gasteiger partial charge in [-0.3, -0.25) is 0 Å². The number of para-hydroxylation sites is 3. The van der Waals surface area contributed by atoms with Crippen molar-refractivity contribution in [3.05, 3.63) is 84.3 Å². The van der Waals surface area contributed by atoms with E-state index in [4.69, 9.17) is 14.4 Å². The fourth-order valence-electron chi connectivity index (χ4n) is 3.81. The molecule has 0 spiro atoms. The van der Waals surface area contributed by atoms with E-state index in [0.717, 1.165) is 38.7 Å². The summed E-state index contributed by atoms with van der Waals surface area (Å²) in [5.74, 6) is 1.05. The second kappa shape index (κ2) is 6.49. The van der Waals surface area contributed by atoms with Crippen molar-refractivity contribution in [2.24, 2.45) is 0 Å². The lowest BCUT2D eigenvalue weighted by Gasteiger charge is -2.04. The first kappa shape index (κ1) is 16.9. The molecule has 3 aromatic heterocycles. The van der Waals surface area contributed by atoms with Crippen LogP contribution in [0.25, 0.3) is 44.6 Å². The maximum atomic E-state index is 5.98. The molecule has 6 nitrogen and oxygen atoms in total. The molecule has 0 fully saturated rings. The highest BCUT2D eigenvalue weighted by molar-refractivity contribution is 6.06. The van der Waals surface area contributed by atoms with Gasteiger partial charge in [0.05, 0.1) is 16.6 Å². The van der Waals surface area contributed by atoms with Crippen LogP contribution in [0, 0.1) is 6.92 Å². The van der Waals surface area contributed by atoms with Crippen molar-refractivity contribution in [2.75, 3.05) is 0 Å². The van der Waals surface area contributed by atoms with Crippen LogP contribution in [0.3, 0.4) is 0 Å². The minimum absolute atomic E-state index is 0.426. The molecule has 6 aromatic rings. The molecule has 0 saturated carbocycles. The van der Waals surface area contributed by atoms with Gasteiger partial charge in [0.15, 0.2) is 5.65 Å². The van der Waals surface area contributed by atoms with Gasteiger partial charge >= 0.3 is 0 Å². The predicted molar refractivity (Wildman–Crippen MR) is 116 cm³/mol. The van der Waals surface area contributed by atoms with Crippen LogP contribution in [0.1, 0.15) is 11.5 Å². The maximum absolute atomic E-state index is 5.98. The van der Waals surface area contributed by atoms with Gasteiger partial charge in [-0.05, 0) is 37.3 Å². The minimum Gasteiger partial charge on any atom is -0.419 e. The average molecular weight is 391 g/mol. The van der Waals surface area contributed by atoms with Crippen LogP contribution in [-0.2, 0) is 6.54 Å². The Morgan fingerprint density at radius 2 is 1.53 bits per heavy atom. The van der Waals surface area contributed by atoms with E-state index in [0.29, 0.717) is 18.3 Å². The van der Waals surface area contributed by atoms with Crippen molar-refractivity contribution in [3.63, 3.8) is 0 Å². The number of fused-ring (bicyclic) bond motifs is 4. The normalized spacial score (nSPS) is 11.6. The summed E-state index contributed by atoms with van der Waals surface area (Å²) in [6, 6.07) is 24.1. The van der Waals surface area contributed by atoms with Crippen LogP contribution in [0.5, 0.6) is 0 Å². The Morgan fingerprint density at radius 3 is 2.37 bits per heavy atom. The van der Waals surface area contributed by atoms with Gasteiger partial charge < -0.3 is 8.98 Å². The number of rotatable bonds is 3.